The van der Waals surface area contributed by atoms with E-state index in [1.807, 2.05) is 30.3 Å². The summed E-state index contributed by atoms with van der Waals surface area (Å²) in [7, 11) is 0. The van der Waals surface area contributed by atoms with E-state index < -0.39 is 0 Å². The van der Waals surface area contributed by atoms with Crippen LogP contribution in [0.2, 0.25) is 5.02 Å². The van der Waals surface area contributed by atoms with Gasteiger partial charge >= 0.3 is 0 Å². The molecule has 1 aromatic heterocycles. The molecule has 3 heterocycles. The molecule has 2 saturated heterocycles. The van der Waals surface area contributed by atoms with Gasteiger partial charge in [0.2, 0.25) is 5.91 Å². The predicted molar refractivity (Wildman–Crippen MR) is 92.4 cm³/mol. The van der Waals surface area contributed by atoms with Crippen molar-refractivity contribution in [3.63, 3.8) is 0 Å². The number of hydrogen-bond acceptors (Lipinski definition) is 3. The normalized spacial score (nSPS) is 26.2. The van der Waals surface area contributed by atoms with Crippen molar-refractivity contribution in [2.45, 2.75) is 43.8 Å². The Labute approximate surface area is 145 Å². The molecule has 2 bridgehead atoms. The van der Waals surface area contributed by atoms with Crippen molar-refractivity contribution in [3.05, 3.63) is 53.3 Å². The van der Waals surface area contributed by atoms with Crippen LogP contribution < -0.4 is 0 Å². The van der Waals surface area contributed by atoms with Gasteiger partial charge in [-0.2, -0.15) is 15.0 Å². The fraction of sp³-hybridized carbons (Fsp3) is 0.389. The van der Waals surface area contributed by atoms with Crippen LogP contribution in [0.1, 0.15) is 37.3 Å². The van der Waals surface area contributed by atoms with Gasteiger partial charge in [-0.15, -0.1) is 0 Å². The first-order valence-electron chi connectivity index (χ1n) is 8.32. The maximum atomic E-state index is 12.7. The number of rotatable bonds is 3. The topological polar surface area (TPSA) is 51.0 Å². The Bertz CT molecular complexity index is 727. The molecule has 1 aromatic carbocycles. The van der Waals surface area contributed by atoms with Gasteiger partial charge in [0.1, 0.15) is 0 Å². The molecule has 24 heavy (non-hydrogen) atoms. The Morgan fingerprint density at radius 2 is 1.67 bits per heavy atom. The Morgan fingerprint density at radius 1 is 1.04 bits per heavy atom. The Kier molecular flexibility index (Phi) is 4.10. The van der Waals surface area contributed by atoms with Crippen molar-refractivity contribution in [2.75, 3.05) is 0 Å². The van der Waals surface area contributed by atoms with Crippen molar-refractivity contribution in [1.82, 2.24) is 19.9 Å². The van der Waals surface area contributed by atoms with Gasteiger partial charge in [0.15, 0.2) is 0 Å². The second-order valence-corrected chi connectivity index (χ2v) is 6.93. The molecule has 0 N–H and O–H groups in total. The number of carbonyl (C=O) groups excluding carboxylic acids is 1. The molecule has 2 aromatic rings. The molecule has 0 aliphatic carbocycles. The lowest BCUT2D eigenvalue weighted by Crippen LogP contribution is -2.46. The molecule has 2 unspecified atom stereocenters. The van der Waals surface area contributed by atoms with Gasteiger partial charge in [-0.1, -0.05) is 23.7 Å². The number of amides is 1. The van der Waals surface area contributed by atoms with Gasteiger partial charge in [0.25, 0.3) is 0 Å². The number of halogens is 1. The van der Waals surface area contributed by atoms with E-state index in [1.54, 1.807) is 23.3 Å². The van der Waals surface area contributed by atoms with E-state index in [-0.39, 0.29) is 5.91 Å². The highest BCUT2D eigenvalue weighted by atomic mass is 35.5. The summed E-state index contributed by atoms with van der Waals surface area (Å²) in [5, 5.41) is 9.23. The highest BCUT2D eigenvalue weighted by Crippen LogP contribution is 2.40. The van der Waals surface area contributed by atoms with E-state index in [9.17, 15) is 4.79 Å². The third kappa shape index (κ3) is 2.96. The van der Waals surface area contributed by atoms with Crippen LogP contribution in [0.3, 0.4) is 0 Å². The third-order valence-corrected chi connectivity index (χ3v) is 5.27. The SMILES string of the molecule is O=C(/C=C/c1ccc(Cl)cc1)N1C2CCC1CC(n1nccn1)C2. The van der Waals surface area contributed by atoms with Crippen molar-refractivity contribution in [2.24, 2.45) is 0 Å². The van der Waals surface area contributed by atoms with Crippen LogP contribution in [0, 0.1) is 0 Å². The molecule has 5 nitrogen and oxygen atoms in total. The molecule has 0 saturated carbocycles. The maximum Gasteiger partial charge on any atom is 0.247 e. The summed E-state index contributed by atoms with van der Waals surface area (Å²) in [5.74, 6) is 0.101. The summed E-state index contributed by atoms with van der Waals surface area (Å²) in [5.41, 5.74) is 0.982. The number of benzene rings is 1. The first-order chi connectivity index (χ1) is 11.7. The lowest BCUT2D eigenvalue weighted by atomic mass is 9.97. The minimum atomic E-state index is 0.101. The van der Waals surface area contributed by atoms with Crippen LogP contribution in [0.15, 0.2) is 42.7 Å². The fourth-order valence-electron chi connectivity index (χ4n) is 3.94. The highest BCUT2D eigenvalue weighted by molar-refractivity contribution is 6.30. The first kappa shape index (κ1) is 15.4. The van der Waals surface area contributed by atoms with Gasteiger partial charge in [0, 0.05) is 23.2 Å². The number of carbonyl (C=O) groups is 1. The maximum absolute atomic E-state index is 12.7. The average Bonchev–Trinajstić information content (AvgIpc) is 3.21. The van der Waals surface area contributed by atoms with Crippen LogP contribution in [0.4, 0.5) is 0 Å². The summed E-state index contributed by atoms with van der Waals surface area (Å²) in [6.45, 7) is 0. The largest absolute Gasteiger partial charge is 0.333 e. The van der Waals surface area contributed by atoms with Crippen LogP contribution in [-0.2, 0) is 4.79 Å². The van der Waals surface area contributed by atoms with Crippen molar-refractivity contribution in [1.29, 1.82) is 0 Å². The minimum Gasteiger partial charge on any atom is -0.333 e. The number of piperidine rings is 1. The molecule has 2 fully saturated rings. The molecule has 0 spiro atoms. The van der Waals surface area contributed by atoms with Gasteiger partial charge in [0.05, 0.1) is 18.4 Å². The number of aromatic nitrogens is 3. The quantitative estimate of drug-likeness (QED) is 0.804. The van der Waals surface area contributed by atoms with Crippen LogP contribution in [-0.4, -0.2) is 37.9 Å². The molecular weight excluding hydrogens is 324 g/mol. The molecule has 2 aliphatic rings. The predicted octanol–water partition coefficient (Wildman–Crippen LogP) is 3.34. The van der Waals surface area contributed by atoms with Crippen LogP contribution in [0.5, 0.6) is 0 Å². The van der Waals surface area contributed by atoms with Gasteiger partial charge in [-0.25, -0.2) is 0 Å². The second kappa shape index (κ2) is 6.40. The van der Waals surface area contributed by atoms with E-state index in [0.29, 0.717) is 23.1 Å². The Hall–Kier alpha value is -2.14. The standard InChI is InChI=1S/C18H19ClN4O/c19-14-4-1-13(2-5-14)3-8-18(24)22-15-6-7-16(22)12-17(11-15)23-20-9-10-21-23/h1-5,8-10,15-17H,6-7,11-12H2/b8-3+. The fourth-order valence-corrected chi connectivity index (χ4v) is 4.06. The summed E-state index contributed by atoms with van der Waals surface area (Å²) < 4.78 is 0. The molecule has 6 heteroatoms. The van der Waals surface area contributed by atoms with Crippen molar-refractivity contribution < 1.29 is 4.79 Å². The van der Waals surface area contributed by atoms with Crippen LogP contribution in [0.25, 0.3) is 6.08 Å². The summed E-state index contributed by atoms with van der Waals surface area (Å²) >= 11 is 5.89. The first-order valence-corrected chi connectivity index (χ1v) is 8.70. The van der Waals surface area contributed by atoms with E-state index in [2.05, 4.69) is 15.1 Å². The zero-order valence-electron chi connectivity index (χ0n) is 13.3. The number of nitrogens with zero attached hydrogens (tertiary/aromatic N) is 4. The van der Waals surface area contributed by atoms with Gasteiger partial charge < -0.3 is 4.90 Å². The molecule has 1 amide bonds. The van der Waals surface area contributed by atoms with Crippen molar-refractivity contribution in [3.8, 4) is 0 Å². The lowest BCUT2D eigenvalue weighted by Gasteiger charge is -2.38. The smallest absolute Gasteiger partial charge is 0.247 e. The Balaban J connectivity index is 1.45. The molecule has 2 atom stereocenters. The molecule has 4 rings (SSSR count). The number of hydrogen-bond donors (Lipinski definition) is 0. The van der Waals surface area contributed by atoms with Gasteiger partial charge in [-0.05, 0) is 49.5 Å². The Morgan fingerprint density at radius 3 is 2.29 bits per heavy atom. The van der Waals surface area contributed by atoms with Crippen LogP contribution >= 0.6 is 11.6 Å². The zero-order chi connectivity index (χ0) is 16.5. The van der Waals surface area contributed by atoms with Gasteiger partial charge in [-0.3, -0.25) is 4.79 Å². The lowest BCUT2D eigenvalue weighted by molar-refractivity contribution is -0.130. The van der Waals surface area contributed by atoms with E-state index in [4.69, 9.17) is 11.6 Å². The zero-order valence-corrected chi connectivity index (χ0v) is 14.0. The van der Waals surface area contributed by atoms with E-state index in [0.717, 1.165) is 31.2 Å². The third-order valence-electron chi connectivity index (χ3n) is 5.01. The molecule has 0 radical (unpaired) electrons. The summed E-state index contributed by atoms with van der Waals surface area (Å²) in [6, 6.07) is 8.38. The monoisotopic (exact) mass is 342 g/mol. The second-order valence-electron chi connectivity index (χ2n) is 6.49. The van der Waals surface area contributed by atoms with Crippen molar-refractivity contribution >= 4 is 23.6 Å². The minimum absolute atomic E-state index is 0.101. The molecule has 2 aliphatic heterocycles. The van der Waals surface area contributed by atoms with E-state index >= 15 is 0 Å². The number of fused-ring (bicyclic) bond motifs is 2. The summed E-state index contributed by atoms with van der Waals surface area (Å²) in [6.07, 6.45) is 11.0. The highest BCUT2D eigenvalue weighted by Gasteiger charge is 2.43. The molecule has 124 valence electrons. The van der Waals surface area contributed by atoms with E-state index in [1.165, 1.54) is 0 Å². The summed E-state index contributed by atoms with van der Waals surface area (Å²) in [4.78, 5) is 16.5. The average molecular weight is 343 g/mol. The molecular formula is C18H19ClN4O.